The molecule has 2 heteroatoms. The minimum atomic E-state index is -0.929. The second kappa shape index (κ2) is 3.50. The van der Waals surface area contributed by atoms with Crippen molar-refractivity contribution < 1.29 is 9.53 Å². The lowest BCUT2D eigenvalue weighted by Crippen LogP contribution is -2.25. The molecule has 1 unspecified atom stereocenters. The van der Waals surface area contributed by atoms with Crippen LogP contribution in [0.4, 0.5) is 0 Å². The van der Waals surface area contributed by atoms with Gasteiger partial charge in [-0.3, -0.25) is 4.79 Å². The van der Waals surface area contributed by atoms with E-state index in [0.29, 0.717) is 0 Å². The summed E-state index contributed by atoms with van der Waals surface area (Å²) in [6.45, 7) is 1.69. The van der Waals surface area contributed by atoms with Crippen molar-refractivity contribution in [3.63, 3.8) is 0 Å². The van der Waals surface area contributed by atoms with Crippen LogP contribution in [0.2, 0.25) is 0 Å². The van der Waals surface area contributed by atoms with Crippen molar-refractivity contribution in [2.45, 2.75) is 12.5 Å². The molecular weight excluding hydrogens is 152 g/mol. The minimum Gasteiger partial charge on any atom is -0.365 e. The molecule has 63 valence electrons. The second-order valence-corrected chi connectivity index (χ2v) is 2.71. The largest absolute Gasteiger partial charge is 0.365 e. The molecule has 1 atom stereocenters. The van der Waals surface area contributed by atoms with Gasteiger partial charge in [0, 0.05) is 7.11 Å². The lowest BCUT2D eigenvalue weighted by Gasteiger charge is -2.20. The Balaban J connectivity index is 3.03. The predicted octanol–water partition coefficient (Wildman–Crippen LogP) is 1.66. The first-order valence-corrected chi connectivity index (χ1v) is 3.73. The molecule has 0 bridgehead atoms. The van der Waals surface area contributed by atoms with E-state index >= 15 is 0 Å². The number of benzene rings is 1. The van der Waals surface area contributed by atoms with E-state index in [1.165, 1.54) is 7.11 Å². The van der Waals surface area contributed by atoms with Crippen LogP contribution in [0.25, 0.3) is 0 Å². The van der Waals surface area contributed by atoms with Gasteiger partial charge in [0.25, 0.3) is 0 Å². The molecular formula is C10H11O2. The van der Waals surface area contributed by atoms with Crippen LogP contribution in [-0.4, -0.2) is 13.4 Å². The third-order valence-corrected chi connectivity index (χ3v) is 1.93. The Morgan fingerprint density at radius 2 is 1.92 bits per heavy atom. The summed E-state index contributed by atoms with van der Waals surface area (Å²) >= 11 is 0. The zero-order valence-electron chi connectivity index (χ0n) is 7.20. The topological polar surface area (TPSA) is 26.3 Å². The number of hydrogen-bond acceptors (Lipinski definition) is 2. The fraction of sp³-hybridized carbons (Fsp3) is 0.300. The van der Waals surface area contributed by atoms with E-state index in [-0.39, 0.29) is 0 Å². The normalized spacial score (nSPS) is 15.2. The molecule has 0 fully saturated rings. The standard InChI is InChI=1S/C10H11O2/c1-10(8-11,12-2)9-6-4-3-5-7-9/h3-7H,1-2H3. The summed E-state index contributed by atoms with van der Waals surface area (Å²) in [5, 5.41) is 0. The fourth-order valence-electron chi connectivity index (χ4n) is 0.975. The van der Waals surface area contributed by atoms with Crippen LogP contribution in [0.1, 0.15) is 12.5 Å². The van der Waals surface area contributed by atoms with Gasteiger partial charge in [0.15, 0.2) is 5.60 Å². The molecule has 2 nitrogen and oxygen atoms in total. The average Bonchev–Trinajstić information content (AvgIpc) is 2.18. The highest BCUT2D eigenvalue weighted by Gasteiger charge is 2.25. The number of rotatable bonds is 3. The summed E-state index contributed by atoms with van der Waals surface area (Å²) in [7, 11) is 1.50. The second-order valence-electron chi connectivity index (χ2n) is 2.71. The first kappa shape index (κ1) is 8.94. The maximum atomic E-state index is 10.6. The lowest BCUT2D eigenvalue weighted by atomic mass is 9.98. The highest BCUT2D eigenvalue weighted by molar-refractivity contribution is 5.66. The van der Waals surface area contributed by atoms with Gasteiger partial charge in [-0.05, 0) is 12.5 Å². The summed E-state index contributed by atoms with van der Waals surface area (Å²) in [5.41, 5.74) is -0.108. The summed E-state index contributed by atoms with van der Waals surface area (Å²) in [4.78, 5) is 10.6. The predicted molar refractivity (Wildman–Crippen MR) is 46.5 cm³/mol. The van der Waals surface area contributed by atoms with Gasteiger partial charge < -0.3 is 4.74 Å². The van der Waals surface area contributed by atoms with Crippen molar-refractivity contribution >= 4 is 6.29 Å². The van der Waals surface area contributed by atoms with Crippen LogP contribution in [0, 0.1) is 0 Å². The van der Waals surface area contributed by atoms with Gasteiger partial charge in [-0.2, -0.15) is 0 Å². The molecule has 0 aromatic heterocycles. The van der Waals surface area contributed by atoms with Gasteiger partial charge in [0.2, 0.25) is 6.29 Å². The zero-order chi connectivity index (χ0) is 9.03. The Morgan fingerprint density at radius 3 is 2.33 bits per heavy atom. The summed E-state index contributed by atoms with van der Waals surface area (Å²) in [6, 6.07) is 9.31. The molecule has 1 aromatic carbocycles. The lowest BCUT2D eigenvalue weighted by molar-refractivity contribution is 0.0617. The molecule has 0 aliphatic heterocycles. The van der Waals surface area contributed by atoms with Crippen LogP contribution in [0.3, 0.4) is 0 Å². The smallest absolute Gasteiger partial charge is 0.237 e. The molecule has 0 heterocycles. The maximum absolute atomic E-state index is 10.6. The molecule has 0 aliphatic carbocycles. The number of methoxy groups -OCH3 is 1. The Labute approximate surface area is 72.2 Å². The van der Waals surface area contributed by atoms with Crippen molar-refractivity contribution in [1.82, 2.24) is 0 Å². The number of hydrogen-bond donors (Lipinski definition) is 0. The van der Waals surface area contributed by atoms with E-state index < -0.39 is 5.60 Å². The molecule has 12 heavy (non-hydrogen) atoms. The summed E-state index contributed by atoms with van der Waals surface area (Å²) < 4.78 is 5.05. The number of carbonyl (C=O) groups excluding carboxylic acids is 1. The van der Waals surface area contributed by atoms with Crippen LogP contribution < -0.4 is 0 Å². The Kier molecular flexibility index (Phi) is 2.61. The van der Waals surface area contributed by atoms with Crippen molar-refractivity contribution in [2.24, 2.45) is 0 Å². The Bertz CT molecular complexity index is 256. The van der Waals surface area contributed by atoms with Crippen molar-refractivity contribution in [1.29, 1.82) is 0 Å². The van der Waals surface area contributed by atoms with Gasteiger partial charge >= 0.3 is 0 Å². The van der Waals surface area contributed by atoms with E-state index in [1.807, 2.05) is 36.6 Å². The third kappa shape index (κ3) is 1.53. The van der Waals surface area contributed by atoms with Gasteiger partial charge in [0.05, 0.1) is 0 Å². The van der Waals surface area contributed by atoms with Crippen molar-refractivity contribution in [3.05, 3.63) is 35.9 Å². The monoisotopic (exact) mass is 163 g/mol. The van der Waals surface area contributed by atoms with Gasteiger partial charge in [-0.1, -0.05) is 30.3 Å². The molecule has 1 rings (SSSR count). The minimum absolute atomic E-state index is 0.822. The fourth-order valence-corrected chi connectivity index (χ4v) is 0.975. The summed E-state index contributed by atoms with van der Waals surface area (Å²) in [6.07, 6.45) is 1.87. The molecule has 1 radical (unpaired) electrons. The Hall–Kier alpha value is -1.15. The van der Waals surface area contributed by atoms with Crippen LogP contribution in [0.5, 0.6) is 0 Å². The first-order chi connectivity index (χ1) is 5.73. The number of ether oxygens (including phenoxy) is 1. The molecule has 0 amide bonds. The van der Waals surface area contributed by atoms with E-state index in [1.54, 1.807) is 6.92 Å². The zero-order valence-corrected chi connectivity index (χ0v) is 7.20. The maximum Gasteiger partial charge on any atom is 0.237 e. The van der Waals surface area contributed by atoms with Gasteiger partial charge in [-0.15, -0.1) is 0 Å². The van der Waals surface area contributed by atoms with E-state index in [4.69, 9.17) is 4.74 Å². The molecule has 0 saturated carbocycles. The van der Waals surface area contributed by atoms with Gasteiger partial charge in [0.1, 0.15) is 0 Å². The highest BCUT2D eigenvalue weighted by atomic mass is 16.5. The van der Waals surface area contributed by atoms with E-state index in [9.17, 15) is 4.79 Å². The summed E-state index contributed by atoms with van der Waals surface area (Å²) in [5.74, 6) is 0. The van der Waals surface area contributed by atoms with E-state index in [0.717, 1.165) is 5.56 Å². The van der Waals surface area contributed by atoms with Crippen LogP contribution >= 0.6 is 0 Å². The van der Waals surface area contributed by atoms with Crippen molar-refractivity contribution in [2.75, 3.05) is 7.11 Å². The molecule has 1 aromatic rings. The quantitative estimate of drug-likeness (QED) is 0.677. The third-order valence-electron chi connectivity index (χ3n) is 1.93. The highest BCUT2D eigenvalue weighted by Crippen LogP contribution is 2.21. The van der Waals surface area contributed by atoms with E-state index in [2.05, 4.69) is 0 Å². The molecule has 0 spiro atoms. The molecule has 0 saturated heterocycles. The Morgan fingerprint density at radius 1 is 1.33 bits per heavy atom. The van der Waals surface area contributed by atoms with Crippen molar-refractivity contribution in [3.8, 4) is 0 Å². The van der Waals surface area contributed by atoms with Crippen LogP contribution in [0.15, 0.2) is 30.3 Å². The van der Waals surface area contributed by atoms with Gasteiger partial charge in [-0.25, -0.2) is 0 Å². The van der Waals surface area contributed by atoms with Crippen LogP contribution in [-0.2, 0) is 15.1 Å². The first-order valence-electron chi connectivity index (χ1n) is 3.73. The SMILES string of the molecule is COC(C)([C]=O)c1ccccc1. The molecule has 0 aliphatic rings. The average molecular weight is 163 g/mol. The molecule has 0 N–H and O–H groups in total.